The number of hydrogen-bond donors (Lipinski definition) is 2. The molecule has 1 aromatic heterocycles. The molecule has 0 spiro atoms. The number of aryl methyl sites for hydroxylation is 1. The number of carbonyl (C=O) groups excluding carboxylic acids is 3. The Kier molecular flexibility index (Phi) is 7.11. The van der Waals surface area contributed by atoms with Gasteiger partial charge in [-0.2, -0.15) is 0 Å². The molecule has 4 aromatic rings. The second kappa shape index (κ2) is 11.1. The van der Waals surface area contributed by atoms with Crippen LogP contribution in [0.1, 0.15) is 28.3 Å². The van der Waals surface area contributed by atoms with Crippen molar-refractivity contribution in [3.05, 3.63) is 103 Å². The smallest absolute Gasteiger partial charge is 0.305 e. The van der Waals surface area contributed by atoms with Gasteiger partial charge in [0.1, 0.15) is 11.6 Å². The standard InChI is InChI=1S/C34H27ClFN3O5S2/c1-15-3-2-4-18(11-15)37-24(40)14-44-23-10-5-16(35)12-20(23)25-26-21-13-22(29(26)45-31-30(25)46-34(43)38-31)28-27(21)32(41)39(33(28)42)19-8-6-17(36)7-9-19/h2-12,21-22,25-29H,13-14H2,1H3,(H,37,40)(H,38,43)/t21-,22-,25+,26-,27+,28+,29-/m1/s1. The summed E-state index contributed by atoms with van der Waals surface area (Å²) in [5.74, 6) is -2.49. The summed E-state index contributed by atoms with van der Waals surface area (Å²) < 4.78 is 19.8. The van der Waals surface area contributed by atoms with Crippen molar-refractivity contribution in [3.8, 4) is 5.75 Å². The normalized spacial score (nSPS) is 27.4. The molecule has 12 heteroatoms. The van der Waals surface area contributed by atoms with Crippen molar-refractivity contribution in [3.63, 3.8) is 0 Å². The molecule has 2 aliphatic carbocycles. The Morgan fingerprint density at radius 3 is 2.57 bits per heavy atom. The van der Waals surface area contributed by atoms with Crippen molar-refractivity contribution in [1.82, 2.24) is 4.98 Å². The number of aromatic nitrogens is 1. The van der Waals surface area contributed by atoms with Crippen molar-refractivity contribution < 1.29 is 23.5 Å². The van der Waals surface area contributed by atoms with E-state index in [9.17, 15) is 23.6 Å². The van der Waals surface area contributed by atoms with Crippen LogP contribution < -0.4 is 19.8 Å². The third-order valence-electron chi connectivity index (χ3n) is 9.78. The van der Waals surface area contributed by atoms with E-state index < -0.39 is 17.7 Å². The molecule has 7 atom stereocenters. The van der Waals surface area contributed by atoms with Gasteiger partial charge in [-0.05, 0) is 91.3 Å². The van der Waals surface area contributed by atoms with Crippen LogP contribution in [0.5, 0.6) is 5.75 Å². The van der Waals surface area contributed by atoms with Crippen LogP contribution in [0.3, 0.4) is 0 Å². The molecule has 3 fully saturated rings. The number of hydrogen-bond acceptors (Lipinski definition) is 7. The molecule has 3 amide bonds. The highest BCUT2D eigenvalue weighted by Gasteiger charge is 2.69. The highest BCUT2D eigenvalue weighted by atomic mass is 35.5. The van der Waals surface area contributed by atoms with E-state index >= 15 is 0 Å². The second-order valence-corrected chi connectivity index (χ2v) is 15.0. The Balaban J connectivity index is 1.14. The molecule has 8 rings (SSSR count). The summed E-state index contributed by atoms with van der Waals surface area (Å²) in [6.07, 6.45) is 0.706. The van der Waals surface area contributed by atoms with E-state index in [0.29, 0.717) is 28.6 Å². The van der Waals surface area contributed by atoms with Gasteiger partial charge in [0.05, 0.1) is 22.5 Å². The molecule has 1 saturated heterocycles. The first-order chi connectivity index (χ1) is 22.2. The summed E-state index contributed by atoms with van der Waals surface area (Å²) in [6.45, 7) is 1.70. The first kappa shape index (κ1) is 29.5. The van der Waals surface area contributed by atoms with Crippen molar-refractivity contribution in [2.75, 3.05) is 16.8 Å². The lowest BCUT2D eigenvalue weighted by molar-refractivity contribution is -0.123. The molecule has 2 saturated carbocycles. The number of benzene rings is 3. The minimum atomic E-state index is -0.521. The van der Waals surface area contributed by atoms with Gasteiger partial charge in [-0.1, -0.05) is 35.1 Å². The number of imide groups is 1. The van der Waals surface area contributed by atoms with E-state index in [1.165, 1.54) is 29.2 Å². The van der Waals surface area contributed by atoms with Crippen molar-refractivity contribution >= 4 is 63.8 Å². The number of carbonyl (C=O) groups is 3. The molecule has 0 radical (unpaired) electrons. The zero-order valence-corrected chi connectivity index (χ0v) is 26.8. The number of anilines is 2. The minimum Gasteiger partial charge on any atom is -0.483 e. The summed E-state index contributed by atoms with van der Waals surface area (Å²) in [5, 5.41) is 4.04. The van der Waals surface area contributed by atoms with Gasteiger partial charge in [0, 0.05) is 32.3 Å². The number of nitrogens with zero attached hydrogens (tertiary/aromatic N) is 1. The molecule has 4 aliphatic rings. The fourth-order valence-corrected chi connectivity index (χ4v) is 11.2. The van der Waals surface area contributed by atoms with Crippen molar-refractivity contribution in [2.45, 2.75) is 29.5 Å². The van der Waals surface area contributed by atoms with Crippen LogP contribution in [0.2, 0.25) is 5.02 Å². The number of amides is 3. The van der Waals surface area contributed by atoms with Crippen LogP contribution in [0.4, 0.5) is 15.8 Å². The van der Waals surface area contributed by atoms with Gasteiger partial charge in [-0.25, -0.2) is 4.39 Å². The first-order valence-electron chi connectivity index (χ1n) is 15.0. The molecular formula is C34H27ClFN3O5S2. The number of thioether (sulfide) groups is 1. The summed E-state index contributed by atoms with van der Waals surface area (Å²) in [4.78, 5) is 58.3. The molecule has 234 valence electrons. The number of fused-ring (bicyclic) bond motifs is 9. The average Bonchev–Trinajstić information content (AvgIpc) is 3.76. The molecule has 2 aliphatic heterocycles. The van der Waals surface area contributed by atoms with Crippen LogP contribution in [-0.2, 0) is 14.4 Å². The van der Waals surface area contributed by atoms with Crippen LogP contribution in [0.15, 0.2) is 76.6 Å². The molecule has 8 nitrogen and oxygen atoms in total. The van der Waals surface area contributed by atoms with Crippen molar-refractivity contribution in [2.24, 2.45) is 29.6 Å². The van der Waals surface area contributed by atoms with Gasteiger partial charge >= 0.3 is 4.87 Å². The number of aromatic amines is 1. The topological polar surface area (TPSA) is 109 Å². The van der Waals surface area contributed by atoms with Gasteiger partial charge in [-0.15, -0.1) is 11.8 Å². The van der Waals surface area contributed by atoms with Crippen LogP contribution >= 0.6 is 34.7 Å². The zero-order valence-electron chi connectivity index (χ0n) is 24.4. The quantitative estimate of drug-likeness (QED) is 0.235. The Morgan fingerprint density at radius 2 is 1.80 bits per heavy atom. The van der Waals surface area contributed by atoms with Crippen LogP contribution in [0, 0.1) is 42.3 Å². The third-order valence-corrected chi connectivity index (χ3v) is 12.6. The molecule has 46 heavy (non-hydrogen) atoms. The van der Waals surface area contributed by atoms with E-state index in [0.717, 1.165) is 32.4 Å². The molecule has 2 bridgehead atoms. The molecule has 2 N–H and O–H groups in total. The van der Waals surface area contributed by atoms with E-state index in [2.05, 4.69) is 10.3 Å². The fourth-order valence-electron chi connectivity index (χ4n) is 8.17. The van der Waals surface area contributed by atoms with Gasteiger partial charge < -0.3 is 15.0 Å². The SMILES string of the molecule is Cc1cccc(NC(=O)COc2ccc(Cl)cc2[C@@H]2c3sc(=O)[nH]c3S[C@@H]3[C@@H]4C[C@@H]([C@@H]5C(=O)N(c6ccc(F)cc6)C(=O)[C@@H]45)[C@H]23)c1. The molecule has 0 unspecified atom stereocenters. The Labute approximate surface area is 276 Å². The molecule has 3 aromatic carbocycles. The predicted octanol–water partition coefficient (Wildman–Crippen LogP) is 6.23. The number of thiazole rings is 1. The maximum absolute atomic E-state index is 14.0. The molecular weight excluding hydrogens is 649 g/mol. The highest BCUT2D eigenvalue weighted by molar-refractivity contribution is 8.00. The maximum Gasteiger partial charge on any atom is 0.305 e. The van der Waals surface area contributed by atoms with E-state index in [4.69, 9.17) is 16.3 Å². The van der Waals surface area contributed by atoms with Gasteiger partial charge in [0.15, 0.2) is 6.61 Å². The number of nitrogens with one attached hydrogen (secondary N) is 2. The fraction of sp³-hybridized carbons (Fsp3) is 0.294. The lowest BCUT2D eigenvalue weighted by atomic mass is 9.68. The third kappa shape index (κ3) is 4.70. The predicted molar refractivity (Wildman–Crippen MR) is 174 cm³/mol. The Bertz CT molecular complexity index is 1980. The number of H-pyrrole nitrogens is 1. The average molecular weight is 676 g/mol. The maximum atomic E-state index is 14.0. The Morgan fingerprint density at radius 1 is 1.04 bits per heavy atom. The monoisotopic (exact) mass is 675 g/mol. The van der Waals surface area contributed by atoms with Gasteiger partial charge in [0.25, 0.3) is 5.91 Å². The summed E-state index contributed by atoms with van der Waals surface area (Å²) in [6, 6.07) is 18.2. The van der Waals surface area contributed by atoms with E-state index in [1.807, 2.05) is 37.3 Å². The number of rotatable bonds is 6. The summed E-state index contributed by atoms with van der Waals surface area (Å²) in [7, 11) is 0. The lowest BCUT2D eigenvalue weighted by Gasteiger charge is -2.43. The number of halogens is 2. The lowest BCUT2D eigenvalue weighted by Crippen LogP contribution is -2.42. The van der Waals surface area contributed by atoms with Crippen LogP contribution in [-0.4, -0.2) is 34.6 Å². The zero-order chi connectivity index (χ0) is 31.9. The van der Waals surface area contributed by atoms with E-state index in [1.54, 1.807) is 23.9 Å². The highest BCUT2D eigenvalue weighted by Crippen LogP contribution is 2.69. The van der Waals surface area contributed by atoms with Crippen molar-refractivity contribution in [1.29, 1.82) is 0 Å². The van der Waals surface area contributed by atoms with Gasteiger partial charge in [0.2, 0.25) is 11.8 Å². The first-order valence-corrected chi connectivity index (χ1v) is 17.1. The number of ether oxygens (including phenoxy) is 1. The summed E-state index contributed by atoms with van der Waals surface area (Å²) >= 11 is 9.27. The minimum absolute atomic E-state index is 0.0460. The summed E-state index contributed by atoms with van der Waals surface area (Å²) in [5.41, 5.74) is 2.79. The van der Waals surface area contributed by atoms with E-state index in [-0.39, 0.29) is 58.1 Å². The van der Waals surface area contributed by atoms with Crippen LogP contribution in [0.25, 0.3) is 0 Å². The Hall–Kier alpha value is -3.93. The second-order valence-electron chi connectivity index (χ2n) is 12.3. The van der Waals surface area contributed by atoms with Gasteiger partial charge in [-0.3, -0.25) is 24.1 Å². The largest absolute Gasteiger partial charge is 0.483 e. The molecule has 3 heterocycles.